The summed E-state index contributed by atoms with van der Waals surface area (Å²) in [5.41, 5.74) is 1.72. The zero-order chi connectivity index (χ0) is 16.3. The molecule has 0 atom stereocenters. The van der Waals surface area contributed by atoms with Gasteiger partial charge in [0.25, 0.3) is 5.91 Å². The molecule has 2 rings (SSSR count). The van der Waals surface area contributed by atoms with Crippen LogP contribution in [0.4, 0.5) is 0 Å². The number of carbonyl (C=O) groups excluding carboxylic acids is 1. The molecule has 0 aliphatic rings. The molecule has 0 aliphatic carbocycles. The largest absolute Gasteiger partial charge is 0.508 e. The Hall–Kier alpha value is -2.63. The highest BCUT2D eigenvalue weighted by Crippen LogP contribution is 2.23. The Morgan fingerprint density at radius 3 is 2.41 bits per heavy atom. The van der Waals surface area contributed by atoms with Crippen LogP contribution >= 0.6 is 0 Å². The maximum atomic E-state index is 12.1. The van der Waals surface area contributed by atoms with Crippen LogP contribution in [0.2, 0.25) is 0 Å². The fourth-order valence-corrected chi connectivity index (χ4v) is 2.17. The molecular formula is C16H19N3O3. The van der Waals surface area contributed by atoms with E-state index in [0.29, 0.717) is 0 Å². The number of amides is 1. The Bertz CT molecular complexity index is 673. The lowest BCUT2D eigenvalue weighted by Gasteiger charge is -2.21. The van der Waals surface area contributed by atoms with Crippen molar-refractivity contribution in [1.82, 2.24) is 15.3 Å². The standard InChI is InChI=1S/C16H19N3O3/c1-16(2,3)14-11(7-17-9-19-14)8-18-15(22)10-4-12(20)6-13(21)5-10/h4-7,9,20-21H,8H2,1-3H3,(H,18,22). The van der Waals surface area contributed by atoms with Gasteiger partial charge >= 0.3 is 0 Å². The lowest BCUT2D eigenvalue weighted by molar-refractivity contribution is 0.0949. The number of aromatic nitrogens is 2. The van der Waals surface area contributed by atoms with Gasteiger partial charge in [0.1, 0.15) is 17.8 Å². The number of aromatic hydroxyl groups is 2. The van der Waals surface area contributed by atoms with Crippen molar-refractivity contribution in [3.8, 4) is 11.5 Å². The van der Waals surface area contributed by atoms with Gasteiger partial charge in [-0.1, -0.05) is 20.8 Å². The monoisotopic (exact) mass is 301 g/mol. The smallest absolute Gasteiger partial charge is 0.251 e. The molecule has 0 bridgehead atoms. The van der Waals surface area contributed by atoms with Gasteiger partial charge in [-0.25, -0.2) is 9.97 Å². The van der Waals surface area contributed by atoms with Crippen molar-refractivity contribution in [3.05, 3.63) is 47.5 Å². The van der Waals surface area contributed by atoms with Crippen molar-refractivity contribution in [2.24, 2.45) is 0 Å². The van der Waals surface area contributed by atoms with E-state index >= 15 is 0 Å². The van der Waals surface area contributed by atoms with Gasteiger partial charge in [0.05, 0.1) is 5.69 Å². The van der Waals surface area contributed by atoms with E-state index in [1.54, 1.807) is 6.20 Å². The molecule has 0 saturated heterocycles. The Kier molecular flexibility index (Phi) is 4.30. The van der Waals surface area contributed by atoms with E-state index in [9.17, 15) is 15.0 Å². The van der Waals surface area contributed by atoms with E-state index in [2.05, 4.69) is 15.3 Å². The van der Waals surface area contributed by atoms with Crippen LogP contribution in [-0.2, 0) is 12.0 Å². The molecule has 3 N–H and O–H groups in total. The van der Waals surface area contributed by atoms with Gasteiger partial charge in [0, 0.05) is 35.3 Å². The first-order valence-electron chi connectivity index (χ1n) is 6.88. The normalized spacial score (nSPS) is 11.2. The molecule has 0 aliphatic heterocycles. The first kappa shape index (κ1) is 15.8. The van der Waals surface area contributed by atoms with Crippen LogP contribution in [0.25, 0.3) is 0 Å². The summed E-state index contributed by atoms with van der Waals surface area (Å²) in [4.78, 5) is 20.4. The second kappa shape index (κ2) is 6.01. The molecular weight excluding hydrogens is 282 g/mol. The van der Waals surface area contributed by atoms with Gasteiger partial charge in [0.15, 0.2) is 0 Å². The van der Waals surface area contributed by atoms with Crippen LogP contribution in [-0.4, -0.2) is 26.1 Å². The molecule has 2 aromatic rings. The Morgan fingerprint density at radius 2 is 1.82 bits per heavy atom. The number of phenolic OH excluding ortho intramolecular Hbond substituents is 2. The highest BCUT2D eigenvalue weighted by atomic mass is 16.3. The topological polar surface area (TPSA) is 95.3 Å². The summed E-state index contributed by atoms with van der Waals surface area (Å²) >= 11 is 0. The molecule has 0 radical (unpaired) electrons. The number of nitrogens with zero attached hydrogens (tertiary/aromatic N) is 2. The number of nitrogens with one attached hydrogen (secondary N) is 1. The molecule has 0 fully saturated rings. The zero-order valence-corrected chi connectivity index (χ0v) is 12.8. The fourth-order valence-electron chi connectivity index (χ4n) is 2.17. The van der Waals surface area contributed by atoms with Crippen LogP contribution in [0.15, 0.2) is 30.7 Å². The summed E-state index contributed by atoms with van der Waals surface area (Å²) in [5, 5.41) is 21.6. The van der Waals surface area contributed by atoms with Crippen LogP contribution < -0.4 is 5.32 Å². The minimum absolute atomic E-state index is 0.160. The summed E-state index contributed by atoms with van der Waals surface area (Å²) in [6.45, 7) is 6.37. The lowest BCUT2D eigenvalue weighted by Crippen LogP contribution is -2.26. The Morgan fingerprint density at radius 1 is 1.18 bits per heavy atom. The van der Waals surface area contributed by atoms with Crippen molar-refractivity contribution >= 4 is 5.91 Å². The van der Waals surface area contributed by atoms with E-state index in [4.69, 9.17) is 0 Å². The van der Waals surface area contributed by atoms with Crippen LogP contribution in [0.3, 0.4) is 0 Å². The molecule has 6 heteroatoms. The van der Waals surface area contributed by atoms with E-state index in [1.165, 1.54) is 24.5 Å². The number of hydrogen-bond donors (Lipinski definition) is 3. The average molecular weight is 301 g/mol. The third-order valence-corrected chi connectivity index (χ3v) is 3.10. The highest BCUT2D eigenvalue weighted by molar-refractivity contribution is 5.95. The first-order chi connectivity index (χ1) is 10.3. The van der Waals surface area contributed by atoms with E-state index in [-0.39, 0.29) is 29.0 Å². The van der Waals surface area contributed by atoms with Crippen molar-refractivity contribution in [2.45, 2.75) is 32.7 Å². The van der Waals surface area contributed by atoms with Crippen molar-refractivity contribution in [2.75, 3.05) is 0 Å². The Balaban J connectivity index is 2.15. The number of carbonyl (C=O) groups is 1. The summed E-state index contributed by atoms with van der Waals surface area (Å²) < 4.78 is 0. The third kappa shape index (κ3) is 3.72. The number of rotatable bonds is 3. The molecule has 22 heavy (non-hydrogen) atoms. The average Bonchev–Trinajstić information content (AvgIpc) is 2.43. The maximum Gasteiger partial charge on any atom is 0.251 e. The predicted octanol–water partition coefficient (Wildman–Crippen LogP) is 2.12. The highest BCUT2D eigenvalue weighted by Gasteiger charge is 2.20. The van der Waals surface area contributed by atoms with E-state index in [1.807, 2.05) is 20.8 Å². The summed E-state index contributed by atoms with van der Waals surface area (Å²) in [7, 11) is 0. The quantitative estimate of drug-likeness (QED) is 0.807. The van der Waals surface area contributed by atoms with Crippen LogP contribution in [0, 0.1) is 0 Å². The molecule has 0 spiro atoms. The molecule has 6 nitrogen and oxygen atoms in total. The van der Waals surface area contributed by atoms with Crippen LogP contribution in [0.1, 0.15) is 42.4 Å². The van der Waals surface area contributed by atoms with Crippen molar-refractivity contribution in [3.63, 3.8) is 0 Å². The van der Waals surface area contributed by atoms with Gasteiger partial charge in [-0.3, -0.25) is 4.79 Å². The van der Waals surface area contributed by atoms with Gasteiger partial charge in [-0.2, -0.15) is 0 Å². The molecule has 0 saturated carbocycles. The van der Waals surface area contributed by atoms with Crippen molar-refractivity contribution in [1.29, 1.82) is 0 Å². The molecule has 1 heterocycles. The van der Waals surface area contributed by atoms with Crippen LogP contribution in [0.5, 0.6) is 11.5 Å². The molecule has 1 aromatic heterocycles. The molecule has 1 aromatic carbocycles. The predicted molar refractivity (Wildman–Crippen MR) is 81.7 cm³/mol. The van der Waals surface area contributed by atoms with E-state index in [0.717, 1.165) is 11.3 Å². The number of hydrogen-bond acceptors (Lipinski definition) is 5. The minimum Gasteiger partial charge on any atom is -0.508 e. The molecule has 116 valence electrons. The minimum atomic E-state index is -0.394. The molecule has 1 amide bonds. The van der Waals surface area contributed by atoms with Gasteiger partial charge in [-0.15, -0.1) is 0 Å². The second-order valence-corrected chi connectivity index (χ2v) is 6.07. The third-order valence-electron chi connectivity index (χ3n) is 3.10. The van der Waals surface area contributed by atoms with Gasteiger partial charge < -0.3 is 15.5 Å². The number of phenols is 2. The van der Waals surface area contributed by atoms with E-state index < -0.39 is 5.91 Å². The van der Waals surface area contributed by atoms with Crippen molar-refractivity contribution < 1.29 is 15.0 Å². The fraction of sp³-hybridized carbons (Fsp3) is 0.312. The zero-order valence-electron chi connectivity index (χ0n) is 12.8. The summed E-state index contributed by atoms with van der Waals surface area (Å²) in [5.74, 6) is -0.720. The number of benzene rings is 1. The molecule has 0 unspecified atom stereocenters. The summed E-state index contributed by atoms with van der Waals surface area (Å²) in [6.07, 6.45) is 3.16. The second-order valence-electron chi connectivity index (χ2n) is 6.07. The maximum absolute atomic E-state index is 12.1. The van der Waals surface area contributed by atoms with Gasteiger partial charge in [0.2, 0.25) is 0 Å². The first-order valence-corrected chi connectivity index (χ1v) is 6.88. The summed E-state index contributed by atoms with van der Waals surface area (Å²) in [6, 6.07) is 3.75. The Labute approximate surface area is 128 Å². The van der Waals surface area contributed by atoms with Gasteiger partial charge in [-0.05, 0) is 12.1 Å². The SMILES string of the molecule is CC(C)(C)c1ncncc1CNC(=O)c1cc(O)cc(O)c1. The lowest BCUT2D eigenvalue weighted by atomic mass is 9.89.